The van der Waals surface area contributed by atoms with Crippen molar-refractivity contribution in [1.82, 2.24) is 0 Å². The van der Waals surface area contributed by atoms with Gasteiger partial charge < -0.3 is 5.11 Å². The van der Waals surface area contributed by atoms with Crippen molar-refractivity contribution in [2.24, 2.45) is 0 Å². The van der Waals surface area contributed by atoms with Crippen molar-refractivity contribution in [2.45, 2.75) is 12.9 Å². The fourth-order valence-electron chi connectivity index (χ4n) is 1.09. The lowest BCUT2D eigenvalue weighted by Crippen LogP contribution is -2.18. The summed E-state index contributed by atoms with van der Waals surface area (Å²) in [5.74, 6) is 0. The Hall–Kier alpha value is -1.27. The second-order valence-corrected chi connectivity index (χ2v) is 2.45. The van der Waals surface area contributed by atoms with Crippen molar-refractivity contribution >= 4 is 12.7 Å². The first-order chi connectivity index (χ1) is 5.79. The van der Waals surface area contributed by atoms with E-state index in [0.717, 1.165) is 5.46 Å². The van der Waals surface area contributed by atoms with Gasteiger partial charge in [-0.15, -0.1) is 0 Å². The van der Waals surface area contributed by atoms with Gasteiger partial charge in [-0.05, 0) is 5.56 Å². The Morgan fingerprint density at radius 3 is 2.75 bits per heavy atom. The summed E-state index contributed by atoms with van der Waals surface area (Å²) in [6, 6.07) is 9.10. The minimum Gasteiger partial charge on any atom is -0.374 e. The molecule has 1 aromatic rings. The Balaban J connectivity index is 3.06. The van der Waals surface area contributed by atoms with E-state index < -0.39 is 6.10 Å². The van der Waals surface area contributed by atoms with Crippen molar-refractivity contribution in [2.75, 3.05) is 0 Å². The second-order valence-electron chi connectivity index (χ2n) is 2.45. The van der Waals surface area contributed by atoms with E-state index in [-0.39, 0.29) is 0 Å². The molecule has 3 heteroatoms. The lowest BCUT2D eigenvalue weighted by molar-refractivity contribution is 0.237. The highest BCUT2D eigenvalue weighted by molar-refractivity contribution is 6.52. The molecular formula is C9H9BNO. The first-order valence-electron chi connectivity index (χ1n) is 3.75. The minimum atomic E-state index is -1.02. The largest absolute Gasteiger partial charge is 0.374 e. The topological polar surface area (TPSA) is 44.0 Å². The lowest BCUT2D eigenvalue weighted by atomic mass is 9.70. The molecule has 0 fully saturated rings. The third-order valence-corrected chi connectivity index (χ3v) is 1.72. The molecule has 0 saturated heterocycles. The maximum Gasteiger partial charge on any atom is 0.165 e. The number of hydrogen-bond donors (Lipinski definition) is 1. The van der Waals surface area contributed by atoms with Gasteiger partial charge in [0.1, 0.15) is 7.28 Å². The van der Waals surface area contributed by atoms with Crippen molar-refractivity contribution in [3.63, 3.8) is 0 Å². The molecule has 59 valence electrons. The zero-order chi connectivity index (χ0) is 8.97. The highest BCUT2D eigenvalue weighted by Crippen LogP contribution is 2.07. The Morgan fingerprint density at radius 1 is 1.50 bits per heavy atom. The molecule has 12 heavy (non-hydrogen) atoms. The van der Waals surface area contributed by atoms with E-state index in [2.05, 4.69) is 0 Å². The van der Waals surface area contributed by atoms with Gasteiger partial charge in [0.05, 0.1) is 6.07 Å². The van der Waals surface area contributed by atoms with Gasteiger partial charge >= 0.3 is 0 Å². The maximum atomic E-state index is 9.26. The Bertz CT molecular complexity index is 306. The summed E-state index contributed by atoms with van der Waals surface area (Å²) in [5, 5.41) is 17.8. The van der Waals surface area contributed by atoms with Gasteiger partial charge in [0.25, 0.3) is 0 Å². The first-order valence-corrected chi connectivity index (χ1v) is 3.75. The Labute approximate surface area is 72.7 Å². The first kappa shape index (κ1) is 8.83. The van der Waals surface area contributed by atoms with Gasteiger partial charge in [0, 0.05) is 0 Å². The molecule has 0 aliphatic rings. The standard InChI is InChI=1S/C9H9BNO/c1-10-8-5-3-2-4-7(8)9(12)6-11/h2-5,9,12H,1H3. The summed E-state index contributed by atoms with van der Waals surface area (Å²) >= 11 is 0. The van der Waals surface area contributed by atoms with Gasteiger partial charge in [-0.1, -0.05) is 36.6 Å². The van der Waals surface area contributed by atoms with Crippen LogP contribution in [-0.2, 0) is 0 Å². The molecule has 1 unspecified atom stereocenters. The molecule has 0 aromatic heterocycles. The lowest BCUT2D eigenvalue weighted by Gasteiger charge is -2.06. The van der Waals surface area contributed by atoms with Crippen LogP contribution in [0, 0.1) is 11.3 Å². The Morgan fingerprint density at radius 2 is 2.17 bits per heavy atom. The van der Waals surface area contributed by atoms with Gasteiger partial charge in [-0.3, -0.25) is 0 Å². The van der Waals surface area contributed by atoms with E-state index in [1.165, 1.54) is 0 Å². The third-order valence-electron chi connectivity index (χ3n) is 1.72. The molecule has 2 nitrogen and oxygen atoms in total. The monoisotopic (exact) mass is 158 g/mol. The molecular weight excluding hydrogens is 149 g/mol. The molecule has 1 rings (SSSR count). The third kappa shape index (κ3) is 1.66. The van der Waals surface area contributed by atoms with Crippen LogP contribution in [-0.4, -0.2) is 12.4 Å². The van der Waals surface area contributed by atoms with Gasteiger partial charge in [0.15, 0.2) is 6.10 Å². The number of nitriles is 1. The van der Waals surface area contributed by atoms with E-state index in [4.69, 9.17) is 5.26 Å². The summed E-state index contributed by atoms with van der Waals surface area (Å²) in [5.41, 5.74) is 1.58. The summed E-state index contributed by atoms with van der Waals surface area (Å²) in [4.78, 5) is 0. The maximum absolute atomic E-state index is 9.26. The highest BCUT2D eigenvalue weighted by Gasteiger charge is 2.08. The molecule has 0 aliphatic carbocycles. The average molecular weight is 158 g/mol. The minimum absolute atomic E-state index is 0.669. The number of rotatable bonds is 2. The molecule has 0 bridgehead atoms. The van der Waals surface area contributed by atoms with Gasteiger partial charge in [-0.2, -0.15) is 5.26 Å². The van der Waals surface area contributed by atoms with Crippen LogP contribution in [0.3, 0.4) is 0 Å². The van der Waals surface area contributed by atoms with Crippen LogP contribution in [0.15, 0.2) is 24.3 Å². The number of benzene rings is 1. The summed E-state index contributed by atoms with van der Waals surface area (Å²) in [6.45, 7) is 1.88. The molecule has 0 aliphatic heterocycles. The average Bonchev–Trinajstić information content (AvgIpc) is 2.16. The molecule has 1 radical (unpaired) electrons. The van der Waals surface area contributed by atoms with Crippen LogP contribution in [0.2, 0.25) is 6.82 Å². The molecule has 1 atom stereocenters. The van der Waals surface area contributed by atoms with Crippen LogP contribution >= 0.6 is 0 Å². The van der Waals surface area contributed by atoms with E-state index in [9.17, 15) is 5.11 Å². The molecule has 0 heterocycles. The van der Waals surface area contributed by atoms with E-state index in [1.54, 1.807) is 12.1 Å². The molecule has 0 saturated carbocycles. The molecule has 1 N–H and O–H groups in total. The summed E-state index contributed by atoms with van der Waals surface area (Å²) in [7, 11) is 1.87. The Kier molecular flexibility index (Phi) is 2.90. The zero-order valence-electron chi connectivity index (χ0n) is 6.86. The normalized spacial score (nSPS) is 11.8. The van der Waals surface area contributed by atoms with E-state index >= 15 is 0 Å². The van der Waals surface area contributed by atoms with Crippen molar-refractivity contribution < 1.29 is 5.11 Å². The van der Waals surface area contributed by atoms with E-state index in [0.29, 0.717) is 5.56 Å². The second kappa shape index (κ2) is 3.94. The summed E-state index contributed by atoms with van der Waals surface area (Å²) < 4.78 is 0. The van der Waals surface area contributed by atoms with Crippen molar-refractivity contribution in [1.29, 1.82) is 5.26 Å². The zero-order valence-corrected chi connectivity index (χ0v) is 6.86. The smallest absolute Gasteiger partial charge is 0.165 e. The molecule has 0 spiro atoms. The number of aliphatic hydroxyl groups excluding tert-OH is 1. The number of hydrogen-bond acceptors (Lipinski definition) is 2. The predicted molar refractivity (Wildman–Crippen MR) is 48.3 cm³/mol. The highest BCUT2D eigenvalue weighted by atomic mass is 16.3. The quantitative estimate of drug-likeness (QED) is 0.506. The number of aliphatic hydroxyl groups is 1. The molecule has 1 aromatic carbocycles. The van der Waals surface area contributed by atoms with Crippen LogP contribution in [0.25, 0.3) is 0 Å². The van der Waals surface area contributed by atoms with Crippen LogP contribution < -0.4 is 5.46 Å². The number of nitrogens with zero attached hydrogens (tertiary/aromatic N) is 1. The summed E-state index contributed by atoms with van der Waals surface area (Å²) in [6.07, 6.45) is -1.02. The van der Waals surface area contributed by atoms with E-state index in [1.807, 2.05) is 32.3 Å². The fourth-order valence-corrected chi connectivity index (χ4v) is 1.09. The van der Waals surface area contributed by atoms with Crippen LogP contribution in [0.4, 0.5) is 0 Å². The van der Waals surface area contributed by atoms with Crippen molar-refractivity contribution in [3.05, 3.63) is 29.8 Å². The van der Waals surface area contributed by atoms with Crippen molar-refractivity contribution in [3.8, 4) is 6.07 Å². The van der Waals surface area contributed by atoms with Gasteiger partial charge in [-0.25, -0.2) is 0 Å². The predicted octanol–water partition coefficient (Wildman–Crippen LogP) is 0.621. The molecule has 0 amide bonds. The SMILES string of the molecule is C[B]c1ccccc1C(O)C#N. The fraction of sp³-hybridized carbons (Fsp3) is 0.222. The van der Waals surface area contributed by atoms with Gasteiger partial charge in [0.2, 0.25) is 0 Å². The van der Waals surface area contributed by atoms with Crippen LogP contribution in [0.5, 0.6) is 0 Å². The van der Waals surface area contributed by atoms with Crippen LogP contribution in [0.1, 0.15) is 11.7 Å².